The van der Waals surface area contributed by atoms with Crippen LogP contribution >= 0.6 is 0 Å². The molecule has 4 aromatic carbocycles. The SMILES string of the molecule is Cc1ccc(COc2ccccc2-c2nc3ccc4ccccc4c3c3c2CN(C)CC3)cc1. The smallest absolute Gasteiger partial charge is 0.129 e. The largest absolute Gasteiger partial charge is 0.488 e. The third-order valence-electron chi connectivity index (χ3n) is 6.92. The summed E-state index contributed by atoms with van der Waals surface area (Å²) in [4.78, 5) is 7.65. The Balaban J connectivity index is 1.51. The van der Waals surface area contributed by atoms with E-state index in [4.69, 9.17) is 9.72 Å². The maximum absolute atomic E-state index is 6.36. The van der Waals surface area contributed by atoms with Crippen molar-refractivity contribution in [3.8, 4) is 17.0 Å². The molecule has 0 N–H and O–H groups in total. The van der Waals surface area contributed by atoms with Gasteiger partial charge in [-0.15, -0.1) is 0 Å². The van der Waals surface area contributed by atoms with E-state index in [2.05, 4.69) is 97.7 Å². The maximum atomic E-state index is 6.36. The molecular weight excluding hydrogens is 416 g/mol. The number of aromatic nitrogens is 1. The van der Waals surface area contributed by atoms with Crippen molar-refractivity contribution >= 4 is 21.7 Å². The Morgan fingerprint density at radius 3 is 2.53 bits per heavy atom. The summed E-state index contributed by atoms with van der Waals surface area (Å²) in [6.07, 6.45) is 1.03. The van der Waals surface area contributed by atoms with Gasteiger partial charge in [-0.1, -0.05) is 72.3 Å². The third kappa shape index (κ3) is 3.72. The summed E-state index contributed by atoms with van der Waals surface area (Å²) in [5.74, 6) is 0.881. The molecule has 1 aliphatic heterocycles. The van der Waals surface area contributed by atoms with Gasteiger partial charge in [0, 0.05) is 24.0 Å². The van der Waals surface area contributed by atoms with Crippen LogP contribution < -0.4 is 4.74 Å². The molecule has 1 aliphatic rings. The number of rotatable bonds is 4. The fraction of sp³-hybridized carbons (Fsp3) is 0.194. The molecule has 5 aromatic rings. The Hall–Kier alpha value is -3.69. The van der Waals surface area contributed by atoms with Crippen molar-refractivity contribution in [3.63, 3.8) is 0 Å². The quantitative estimate of drug-likeness (QED) is 0.281. The lowest BCUT2D eigenvalue weighted by atomic mass is 9.89. The van der Waals surface area contributed by atoms with Crippen LogP contribution in [0.1, 0.15) is 22.3 Å². The van der Waals surface area contributed by atoms with E-state index in [9.17, 15) is 0 Å². The summed E-state index contributed by atoms with van der Waals surface area (Å²) in [5.41, 5.74) is 8.35. The molecule has 3 nitrogen and oxygen atoms in total. The topological polar surface area (TPSA) is 25.4 Å². The fourth-order valence-electron chi connectivity index (χ4n) is 5.11. The van der Waals surface area contributed by atoms with Gasteiger partial charge in [0.1, 0.15) is 12.4 Å². The van der Waals surface area contributed by atoms with Crippen LogP contribution in [0.5, 0.6) is 5.75 Å². The van der Waals surface area contributed by atoms with Crippen LogP contribution in [-0.2, 0) is 19.6 Å². The predicted molar refractivity (Wildman–Crippen MR) is 140 cm³/mol. The van der Waals surface area contributed by atoms with Crippen LogP contribution in [0.15, 0.2) is 84.9 Å². The van der Waals surface area contributed by atoms with Gasteiger partial charge in [0.2, 0.25) is 0 Å². The van der Waals surface area contributed by atoms with Crippen LogP contribution in [0.25, 0.3) is 32.9 Å². The number of fused-ring (bicyclic) bond motifs is 5. The average molecular weight is 445 g/mol. The molecule has 0 radical (unpaired) electrons. The molecule has 0 fully saturated rings. The summed E-state index contributed by atoms with van der Waals surface area (Å²) >= 11 is 0. The van der Waals surface area contributed by atoms with E-state index < -0.39 is 0 Å². The van der Waals surface area contributed by atoms with Crippen molar-refractivity contribution in [2.75, 3.05) is 13.6 Å². The Morgan fingerprint density at radius 1 is 0.853 bits per heavy atom. The number of hydrogen-bond acceptors (Lipinski definition) is 3. The normalized spacial score (nSPS) is 13.8. The Kier molecular flexibility index (Phi) is 5.27. The highest BCUT2D eigenvalue weighted by molar-refractivity contribution is 6.09. The van der Waals surface area contributed by atoms with Gasteiger partial charge in [-0.3, -0.25) is 0 Å². The van der Waals surface area contributed by atoms with E-state index in [-0.39, 0.29) is 0 Å². The number of para-hydroxylation sites is 1. The molecule has 34 heavy (non-hydrogen) atoms. The Labute approximate surface area is 200 Å². The highest BCUT2D eigenvalue weighted by atomic mass is 16.5. The predicted octanol–water partition coefficient (Wildman–Crippen LogP) is 6.93. The highest BCUT2D eigenvalue weighted by Crippen LogP contribution is 2.39. The summed E-state index contributed by atoms with van der Waals surface area (Å²) in [7, 11) is 2.19. The van der Waals surface area contributed by atoms with E-state index in [1.54, 1.807) is 0 Å². The van der Waals surface area contributed by atoms with E-state index in [0.29, 0.717) is 6.61 Å². The Bertz CT molecular complexity index is 1500. The summed E-state index contributed by atoms with van der Waals surface area (Å²) in [6.45, 7) is 4.59. The molecular formula is C31H28N2O. The molecule has 0 atom stereocenters. The minimum Gasteiger partial charge on any atom is -0.488 e. The molecule has 3 heteroatoms. The van der Waals surface area contributed by atoms with Crippen LogP contribution in [0.3, 0.4) is 0 Å². The van der Waals surface area contributed by atoms with Crippen LogP contribution in [-0.4, -0.2) is 23.5 Å². The second-order valence-electron chi connectivity index (χ2n) is 9.36. The number of aryl methyl sites for hydroxylation is 1. The molecule has 0 saturated carbocycles. The first-order chi connectivity index (χ1) is 16.7. The number of benzene rings is 4. The highest BCUT2D eigenvalue weighted by Gasteiger charge is 2.24. The van der Waals surface area contributed by atoms with Crippen molar-refractivity contribution in [2.24, 2.45) is 0 Å². The lowest BCUT2D eigenvalue weighted by Gasteiger charge is -2.29. The molecule has 0 bridgehead atoms. The lowest BCUT2D eigenvalue weighted by Crippen LogP contribution is -2.27. The molecule has 0 saturated heterocycles. The molecule has 1 aromatic heterocycles. The van der Waals surface area contributed by atoms with Crippen LogP contribution in [0.4, 0.5) is 0 Å². The zero-order valence-corrected chi connectivity index (χ0v) is 19.7. The number of likely N-dealkylation sites (N-methyl/N-ethyl adjacent to an activating group) is 1. The standard InChI is InChI=1S/C31H28N2O/c1-21-11-13-22(14-12-21)20-34-29-10-6-5-9-26(29)31-27-19-33(2)18-17-25(27)30-24-8-4-3-7-23(24)15-16-28(30)32-31/h3-16H,17-20H2,1-2H3. The summed E-state index contributed by atoms with van der Waals surface area (Å²) in [5, 5.41) is 3.87. The summed E-state index contributed by atoms with van der Waals surface area (Å²) < 4.78 is 6.36. The van der Waals surface area contributed by atoms with Gasteiger partial charge in [-0.25, -0.2) is 4.98 Å². The number of pyridine rings is 1. The summed E-state index contributed by atoms with van der Waals surface area (Å²) in [6, 6.07) is 29.9. The van der Waals surface area contributed by atoms with Crippen molar-refractivity contribution < 1.29 is 4.74 Å². The number of nitrogens with zero attached hydrogens (tertiary/aromatic N) is 2. The first-order valence-electron chi connectivity index (χ1n) is 12.0. The van der Waals surface area contributed by atoms with Crippen molar-refractivity contribution in [2.45, 2.75) is 26.5 Å². The minimum absolute atomic E-state index is 0.539. The van der Waals surface area contributed by atoms with Crippen LogP contribution in [0, 0.1) is 6.92 Å². The number of ether oxygens (including phenoxy) is 1. The van der Waals surface area contributed by atoms with E-state index in [0.717, 1.165) is 42.0 Å². The molecule has 0 aliphatic carbocycles. The minimum atomic E-state index is 0.539. The second kappa shape index (κ2) is 8.58. The maximum Gasteiger partial charge on any atom is 0.129 e. The lowest BCUT2D eigenvalue weighted by molar-refractivity contribution is 0.306. The van der Waals surface area contributed by atoms with E-state index >= 15 is 0 Å². The average Bonchev–Trinajstić information content (AvgIpc) is 2.87. The van der Waals surface area contributed by atoms with Gasteiger partial charge in [0.05, 0.1) is 11.2 Å². The molecule has 0 amide bonds. The third-order valence-corrected chi connectivity index (χ3v) is 6.92. The molecule has 6 rings (SSSR count). The Morgan fingerprint density at radius 2 is 1.65 bits per heavy atom. The van der Waals surface area contributed by atoms with Gasteiger partial charge in [-0.2, -0.15) is 0 Å². The first kappa shape index (κ1) is 20.9. The van der Waals surface area contributed by atoms with Gasteiger partial charge in [0.15, 0.2) is 0 Å². The zero-order valence-electron chi connectivity index (χ0n) is 19.7. The van der Waals surface area contributed by atoms with Crippen molar-refractivity contribution in [1.82, 2.24) is 9.88 Å². The first-order valence-corrected chi connectivity index (χ1v) is 12.0. The van der Waals surface area contributed by atoms with E-state index in [1.807, 2.05) is 6.07 Å². The van der Waals surface area contributed by atoms with E-state index in [1.165, 1.54) is 38.4 Å². The molecule has 0 unspecified atom stereocenters. The zero-order chi connectivity index (χ0) is 23.1. The molecule has 0 spiro atoms. The van der Waals surface area contributed by atoms with Crippen molar-refractivity contribution in [1.29, 1.82) is 0 Å². The fourth-order valence-corrected chi connectivity index (χ4v) is 5.11. The van der Waals surface area contributed by atoms with Crippen LogP contribution in [0.2, 0.25) is 0 Å². The monoisotopic (exact) mass is 444 g/mol. The van der Waals surface area contributed by atoms with Gasteiger partial charge in [-0.05, 0) is 66.1 Å². The number of hydrogen-bond donors (Lipinski definition) is 0. The van der Waals surface area contributed by atoms with Crippen molar-refractivity contribution in [3.05, 3.63) is 107 Å². The second-order valence-corrected chi connectivity index (χ2v) is 9.36. The van der Waals surface area contributed by atoms with Gasteiger partial charge >= 0.3 is 0 Å². The molecule has 2 heterocycles. The van der Waals surface area contributed by atoms with Gasteiger partial charge in [0.25, 0.3) is 0 Å². The van der Waals surface area contributed by atoms with Gasteiger partial charge < -0.3 is 9.64 Å². The molecule has 168 valence electrons.